The van der Waals surface area contributed by atoms with Gasteiger partial charge in [-0.25, -0.2) is 4.39 Å². The van der Waals surface area contributed by atoms with Crippen LogP contribution in [0.2, 0.25) is 0 Å². The molecule has 1 aromatic carbocycles. The first-order valence-corrected chi connectivity index (χ1v) is 5.53. The summed E-state index contributed by atoms with van der Waals surface area (Å²) >= 11 is 0. The molecule has 1 aromatic rings. The average Bonchev–Trinajstić information content (AvgIpc) is 2.29. The SMILES string of the molecule is CCC(C)C(N)C(=O)c1ccc(C)c(F)c1. The largest absolute Gasteiger partial charge is 0.321 e. The molecule has 0 saturated heterocycles. The molecule has 0 fully saturated rings. The second kappa shape index (κ2) is 5.21. The van der Waals surface area contributed by atoms with Crippen molar-refractivity contribution in [2.24, 2.45) is 11.7 Å². The van der Waals surface area contributed by atoms with Gasteiger partial charge in [-0.2, -0.15) is 0 Å². The Hall–Kier alpha value is -1.22. The summed E-state index contributed by atoms with van der Waals surface area (Å²) < 4.78 is 13.3. The minimum Gasteiger partial charge on any atom is -0.321 e. The maximum Gasteiger partial charge on any atom is 0.179 e. The zero-order chi connectivity index (χ0) is 12.3. The predicted molar refractivity (Wildman–Crippen MR) is 62.9 cm³/mol. The molecule has 0 aliphatic heterocycles. The molecule has 16 heavy (non-hydrogen) atoms. The number of aryl methyl sites for hydroxylation is 1. The predicted octanol–water partition coefficient (Wildman–Crippen LogP) is 2.69. The lowest BCUT2D eigenvalue weighted by Crippen LogP contribution is -2.36. The number of benzene rings is 1. The molecule has 2 N–H and O–H groups in total. The third-order valence-electron chi connectivity index (χ3n) is 3.02. The van der Waals surface area contributed by atoms with Gasteiger partial charge in [-0.15, -0.1) is 0 Å². The summed E-state index contributed by atoms with van der Waals surface area (Å²) in [6.45, 7) is 5.57. The molecule has 0 saturated carbocycles. The van der Waals surface area contributed by atoms with Crippen LogP contribution in [-0.2, 0) is 0 Å². The van der Waals surface area contributed by atoms with Crippen molar-refractivity contribution in [1.29, 1.82) is 0 Å². The van der Waals surface area contributed by atoms with E-state index < -0.39 is 6.04 Å². The number of Topliss-reactive ketones (excluding diaryl/α,β-unsaturated/α-hetero) is 1. The van der Waals surface area contributed by atoms with Gasteiger partial charge in [-0.1, -0.05) is 32.4 Å². The van der Waals surface area contributed by atoms with Crippen molar-refractivity contribution < 1.29 is 9.18 Å². The van der Waals surface area contributed by atoms with Crippen LogP contribution in [0, 0.1) is 18.7 Å². The molecule has 88 valence electrons. The van der Waals surface area contributed by atoms with Gasteiger partial charge in [-0.3, -0.25) is 4.79 Å². The number of nitrogens with two attached hydrogens (primary N) is 1. The Bertz CT molecular complexity index is 390. The van der Waals surface area contributed by atoms with E-state index in [1.807, 2.05) is 13.8 Å². The van der Waals surface area contributed by atoms with Gasteiger partial charge >= 0.3 is 0 Å². The van der Waals surface area contributed by atoms with Crippen molar-refractivity contribution in [3.63, 3.8) is 0 Å². The maximum absolute atomic E-state index is 13.3. The van der Waals surface area contributed by atoms with Crippen LogP contribution in [0.25, 0.3) is 0 Å². The lowest BCUT2D eigenvalue weighted by atomic mass is 9.92. The van der Waals surface area contributed by atoms with Gasteiger partial charge in [0.2, 0.25) is 0 Å². The molecule has 0 aliphatic carbocycles. The van der Waals surface area contributed by atoms with Crippen molar-refractivity contribution >= 4 is 5.78 Å². The molecule has 2 unspecified atom stereocenters. The Morgan fingerprint density at radius 1 is 1.50 bits per heavy atom. The fraction of sp³-hybridized carbons (Fsp3) is 0.462. The van der Waals surface area contributed by atoms with E-state index in [4.69, 9.17) is 5.73 Å². The van der Waals surface area contributed by atoms with Crippen LogP contribution < -0.4 is 5.73 Å². The summed E-state index contributed by atoms with van der Waals surface area (Å²) in [5, 5.41) is 0. The zero-order valence-electron chi connectivity index (χ0n) is 9.96. The van der Waals surface area contributed by atoms with E-state index in [9.17, 15) is 9.18 Å². The summed E-state index contributed by atoms with van der Waals surface area (Å²) in [7, 11) is 0. The zero-order valence-corrected chi connectivity index (χ0v) is 9.96. The van der Waals surface area contributed by atoms with E-state index in [0.29, 0.717) is 11.1 Å². The summed E-state index contributed by atoms with van der Waals surface area (Å²) in [5.74, 6) is -0.438. The van der Waals surface area contributed by atoms with Crippen LogP contribution >= 0.6 is 0 Å². The molecule has 3 heteroatoms. The van der Waals surface area contributed by atoms with Crippen LogP contribution in [-0.4, -0.2) is 11.8 Å². The van der Waals surface area contributed by atoms with Crippen LogP contribution in [0.15, 0.2) is 18.2 Å². The standard InChI is InChI=1S/C13H18FNO/c1-4-8(2)12(15)13(16)10-6-5-9(3)11(14)7-10/h5-8,12H,4,15H2,1-3H3. The third kappa shape index (κ3) is 2.67. The van der Waals surface area contributed by atoms with E-state index in [2.05, 4.69) is 0 Å². The molecule has 0 spiro atoms. The molecule has 0 radical (unpaired) electrons. The molecular weight excluding hydrogens is 205 g/mol. The second-order valence-corrected chi connectivity index (χ2v) is 4.24. The Morgan fingerprint density at radius 2 is 2.12 bits per heavy atom. The highest BCUT2D eigenvalue weighted by molar-refractivity contribution is 6.00. The van der Waals surface area contributed by atoms with Crippen LogP contribution in [0.3, 0.4) is 0 Å². The Morgan fingerprint density at radius 3 is 2.62 bits per heavy atom. The molecule has 2 nitrogen and oxygen atoms in total. The lowest BCUT2D eigenvalue weighted by molar-refractivity contribution is 0.0934. The highest BCUT2D eigenvalue weighted by Crippen LogP contribution is 2.14. The average molecular weight is 223 g/mol. The summed E-state index contributed by atoms with van der Waals surface area (Å²) in [5.41, 5.74) is 6.71. The minimum absolute atomic E-state index is 0.108. The number of hydrogen-bond donors (Lipinski definition) is 1. The Balaban J connectivity index is 2.92. The number of halogens is 1. The summed E-state index contributed by atoms with van der Waals surface area (Å²) in [6.07, 6.45) is 0.835. The second-order valence-electron chi connectivity index (χ2n) is 4.24. The minimum atomic E-state index is -0.549. The molecule has 0 aliphatic rings. The number of ketones is 1. The number of rotatable bonds is 4. The van der Waals surface area contributed by atoms with Crippen molar-refractivity contribution in [3.8, 4) is 0 Å². The highest BCUT2D eigenvalue weighted by atomic mass is 19.1. The van der Waals surface area contributed by atoms with E-state index >= 15 is 0 Å². The number of hydrogen-bond acceptors (Lipinski definition) is 2. The lowest BCUT2D eigenvalue weighted by Gasteiger charge is -2.17. The van der Waals surface area contributed by atoms with Gasteiger partial charge < -0.3 is 5.73 Å². The van der Waals surface area contributed by atoms with Gasteiger partial charge in [0.05, 0.1) is 6.04 Å². The van der Waals surface area contributed by atoms with Gasteiger partial charge in [0, 0.05) is 5.56 Å². The Kier molecular flexibility index (Phi) is 4.19. The first-order chi connectivity index (χ1) is 7.47. The third-order valence-corrected chi connectivity index (χ3v) is 3.02. The van der Waals surface area contributed by atoms with Crippen LogP contribution in [0.1, 0.15) is 36.2 Å². The molecule has 0 amide bonds. The molecule has 0 aromatic heterocycles. The van der Waals surface area contributed by atoms with Crippen molar-refractivity contribution in [3.05, 3.63) is 35.1 Å². The molecular formula is C13H18FNO. The van der Waals surface area contributed by atoms with Crippen LogP contribution in [0.4, 0.5) is 4.39 Å². The molecule has 0 heterocycles. The number of carbonyl (C=O) groups is 1. The monoisotopic (exact) mass is 223 g/mol. The normalized spacial score (nSPS) is 14.6. The molecule has 2 atom stereocenters. The van der Waals surface area contributed by atoms with Gasteiger partial charge in [0.1, 0.15) is 5.82 Å². The molecule has 1 rings (SSSR count). The Labute approximate surface area is 95.7 Å². The van der Waals surface area contributed by atoms with E-state index in [1.165, 1.54) is 6.07 Å². The number of carbonyl (C=O) groups excluding carboxylic acids is 1. The van der Waals surface area contributed by atoms with Crippen LogP contribution in [0.5, 0.6) is 0 Å². The first-order valence-electron chi connectivity index (χ1n) is 5.53. The first kappa shape index (κ1) is 12.8. The topological polar surface area (TPSA) is 43.1 Å². The fourth-order valence-corrected chi connectivity index (χ4v) is 1.45. The molecule has 0 bridgehead atoms. The van der Waals surface area contributed by atoms with Gasteiger partial charge in [0.25, 0.3) is 0 Å². The maximum atomic E-state index is 13.3. The highest BCUT2D eigenvalue weighted by Gasteiger charge is 2.21. The fourth-order valence-electron chi connectivity index (χ4n) is 1.45. The summed E-state index contributed by atoms with van der Waals surface area (Å²) in [6, 6.07) is 3.95. The van der Waals surface area contributed by atoms with Crippen molar-refractivity contribution in [2.45, 2.75) is 33.2 Å². The summed E-state index contributed by atoms with van der Waals surface area (Å²) in [4.78, 5) is 11.9. The van der Waals surface area contributed by atoms with E-state index in [-0.39, 0.29) is 17.5 Å². The van der Waals surface area contributed by atoms with Crippen molar-refractivity contribution in [1.82, 2.24) is 0 Å². The van der Waals surface area contributed by atoms with Gasteiger partial charge in [0.15, 0.2) is 5.78 Å². The van der Waals surface area contributed by atoms with E-state index in [1.54, 1.807) is 19.1 Å². The van der Waals surface area contributed by atoms with E-state index in [0.717, 1.165) is 6.42 Å². The quantitative estimate of drug-likeness (QED) is 0.797. The van der Waals surface area contributed by atoms with Crippen molar-refractivity contribution in [2.75, 3.05) is 0 Å². The smallest absolute Gasteiger partial charge is 0.179 e. The van der Waals surface area contributed by atoms with Gasteiger partial charge in [-0.05, 0) is 24.5 Å².